The predicted molar refractivity (Wildman–Crippen MR) is 106 cm³/mol. The van der Waals surface area contributed by atoms with E-state index in [1.54, 1.807) is 17.0 Å². The van der Waals surface area contributed by atoms with Gasteiger partial charge in [0, 0.05) is 29.8 Å². The van der Waals surface area contributed by atoms with E-state index in [0.29, 0.717) is 36.6 Å². The quantitative estimate of drug-likeness (QED) is 0.802. The van der Waals surface area contributed by atoms with E-state index in [9.17, 15) is 4.79 Å². The summed E-state index contributed by atoms with van der Waals surface area (Å²) in [6, 6.07) is 12.6. The minimum absolute atomic E-state index is 0.112. The number of likely N-dealkylation sites (N-methyl/N-ethyl adjacent to an activating group) is 1. The largest absolute Gasteiger partial charge is 0.336 e. The van der Waals surface area contributed by atoms with Crippen LogP contribution in [0.4, 0.5) is 10.1 Å². The number of halogens is 1. The van der Waals surface area contributed by atoms with Crippen molar-refractivity contribution in [1.29, 1.82) is 0 Å². The molecule has 150 valence electrons. The van der Waals surface area contributed by atoms with Gasteiger partial charge < -0.3 is 14.4 Å². The predicted octanol–water partition coefficient (Wildman–Crippen LogP) is 2.76. The molecule has 1 saturated heterocycles. The number of nitrogens with zero attached hydrogens (tertiary/aromatic N) is 3. The molecule has 5 rings (SSSR count). The Balaban J connectivity index is 1.46. The number of carbonyl (C=O) groups is 1. The van der Waals surface area contributed by atoms with Crippen LogP contribution in [0.3, 0.4) is 0 Å². The number of hydrazone groups is 1. The Labute approximate surface area is 168 Å². The Morgan fingerprint density at radius 3 is 2.62 bits per heavy atom. The Morgan fingerprint density at radius 1 is 1.17 bits per heavy atom. The van der Waals surface area contributed by atoms with Gasteiger partial charge in [-0.3, -0.25) is 9.80 Å². The average Bonchev–Trinajstić information content (AvgIpc) is 3.39. The Kier molecular flexibility index (Phi) is 4.01. The topological polar surface area (TPSA) is 54.4 Å². The second-order valence-electron chi connectivity index (χ2n) is 8.01. The number of fused-ring (bicyclic) bond motifs is 2. The second-order valence-corrected chi connectivity index (χ2v) is 8.01. The first-order valence-corrected chi connectivity index (χ1v) is 9.67. The number of para-hydroxylation sites is 1. The number of benzene rings is 2. The van der Waals surface area contributed by atoms with Crippen LogP contribution in [0.5, 0.6) is 0 Å². The van der Waals surface area contributed by atoms with Crippen molar-refractivity contribution in [1.82, 2.24) is 5.01 Å². The van der Waals surface area contributed by atoms with Gasteiger partial charge in [0.25, 0.3) is 11.7 Å². The highest BCUT2D eigenvalue weighted by molar-refractivity contribution is 6.06. The van der Waals surface area contributed by atoms with Crippen LogP contribution in [0.1, 0.15) is 23.6 Å². The SMILES string of the molecule is CN1CC(C)(c2ccc(CN3C(=O)C4(OCCO4)c4ccccc43)c(F)c2)C=N1. The molecule has 1 fully saturated rings. The van der Waals surface area contributed by atoms with Gasteiger partial charge in [0.1, 0.15) is 5.82 Å². The molecular formula is C22H22FN3O3. The maximum absolute atomic E-state index is 15.0. The highest BCUT2D eigenvalue weighted by Gasteiger charge is 2.55. The lowest BCUT2D eigenvalue weighted by Gasteiger charge is -2.24. The monoisotopic (exact) mass is 395 g/mol. The molecule has 1 spiro atoms. The van der Waals surface area contributed by atoms with Crippen LogP contribution in [0, 0.1) is 5.82 Å². The van der Waals surface area contributed by atoms with Crippen molar-refractivity contribution >= 4 is 17.8 Å². The summed E-state index contributed by atoms with van der Waals surface area (Å²) in [5.41, 5.74) is 2.34. The number of hydrogen-bond acceptors (Lipinski definition) is 5. The zero-order chi connectivity index (χ0) is 20.2. The van der Waals surface area contributed by atoms with Crippen LogP contribution in [-0.2, 0) is 32.0 Å². The van der Waals surface area contributed by atoms with Gasteiger partial charge in [-0.1, -0.05) is 30.3 Å². The number of amides is 1. The first kappa shape index (κ1) is 18.3. The van der Waals surface area contributed by atoms with Crippen molar-refractivity contribution in [2.45, 2.75) is 24.7 Å². The molecule has 1 atom stereocenters. The van der Waals surface area contributed by atoms with Gasteiger partial charge in [0.05, 0.1) is 32.0 Å². The second kappa shape index (κ2) is 6.37. The fraction of sp³-hybridized carbons (Fsp3) is 0.364. The Bertz CT molecular complexity index is 1020. The third-order valence-electron chi connectivity index (χ3n) is 5.91. The van der Waals surface area contributed by atoms with E-state index in [0.717, 1.165) is 5.56 Å². The summed E-state index contributed by atoms with van der Waals surface area (Å²) in [5, 5.41) is 6.12. The number of anilines is 1. The molecule has 7 heteroatoms. The van der Waals surface area contributed by atoms with Crippen molar-refractivity contribution in [2.24, 2.45) is 5.10 Å². The van der Waals surface area contributed by atoms with Crippen LogP contribution < -0.4 is 4.90 Å². The van der Waals surface area contributed by atoms with Crippen LogP contribution in [-0.4, -0.2) is 43.9 Å². The summed E-state index contributed by atoms with van der Waals surface area (Å²) in [7, 11) is 1.89. The van der Waals surface area contributed by atoms with Crippen LogP contribution in [0.15, 0.2) is 47.6 Å². The minimum atomic E-state index is -1.40. The average molecular weight is 395 g/mol. The molecule has 0 N–H and O–H groups in total. The van der Waals surface area contributed by atoms with Gasteiger partial charge in [-0.05, 0) is 24.6 Å². The summed E-state index contributed by atoms with van der Waals surface area (Å²) in [5.74, 6) is -2.05. The lowest BCUT2D eigenvalue weighted by molar-refractivity contribution is -0.180. The van der Waals surface area contributed by atoms with E-state index in [2.05, 4.69) is 5.10 Å². The van der Waals surface area contributed by atoms with Crippen molar-refractivity contribution in [3.8, 4) is 0 Å². The van der Waals surface area contributed by atoms with Crippen LogP contribution >= 0.6 is 0 Å². The Morgan fingerprint density at radius 2 is 1.93 bits per heavy atom. The molecule has 2 aromatic rings. The van der Waals surface area contributed by atoms with Crippen molar-refractivity contribution < 1.29 is 18.7 Å². The van der Waals surface area contributed by atoms with Crippen LogP contribution in [0.2, 0.25) is 0 Å². The lowest BCUT2D eigenvalue weighted by Crippen LogP contribution is -2.41. The molecule has 3 aliphatic rings. The standard InChI is InChI=1S/C22H22FN3O3/c1-21(13-24-25(2)14-21)16-8-7-15(18(23)11-16)12-26-19-6-4-3-5-17(19)22(20(26)27)28-9-10-29-22/h3-8,11,13H,9-10,12,14H2,1-2H3. The van der Waals surface area contributed by atoms with E-state index in [1.165, 1.54) is 0 Å². The van der Waals surface area contributed by atoms with Gasteiger partial charge >= 0.3 is 0 Å². The highest BCUT2D eigenvalue weighted by atomic mass is 19.1. The molecule has 29 heavy (non-hydrogen) atoms. The third-order valence-corrected chi connectivity index (χ3v) is 5.91. The molecule has 1 unspecified atom stereocenters. The highest BCUT2D eigenvalue weighted by Crippen LogP contribution is 2.46. The molecule has 0 aromatic heterocycles. The maximum atomic E-state index is 15.0. The fourth-order valence-corrected chi connectivity index (χ4v) is 4.39. The normalized spacial score (nSPS) is 24.7. The molecule has 0 bridgehead atoms. The number of hydrogen-bond donors (Lipinski definition) is 0. The third kappa shape index (κ3) is 2.68. The molecule has 1 amide bonds. The number of ether oxygens (including phenoxy) is 2. The summed E-state index contributed by atoms with van der Waals surface area (Å²) < 4.78 is 26.5. The smallest absolute Gasteiger partial charge is 0.292 e. The van der Waals surface area contributed by atoms with E-state index in [-0.39, 0.29) is 23.7 Å². The van der Waals surface area contributed by atoms with Gasteiger partial charge in [-0.2, -0.15) is 5.10 Å². The number of carbonyl (C=O) groups excluding carboxylic acids is 1. The Hall–Kier alpha value is -2.77. The molecule has 0 saturated carbocycles. The summed E-state index contributed by atoms with van der Waals surface area (Å²) in [6.45, 7) is 3.55. The molecule has 3 heterocycles. The van der Waals surface area contributed by atoms with Crippen LogP contribution in [0.25, 0.3) is 0 Å². The summed E-state index contributed by atoms with van der Waals surface area (Å²) >= 11 is 0. The first-order valence-electron chi connectivity index (χ1n) is 9.67. The summed E-state index contributed by atoms with van der Waals surface area (Å²) in [6.07, 6.45) is 1.85. The van der Waals surface area contributed by atoms with Crippen molar-refractivity contribution in [3.63, 3.8) is 0 Å². The van der Waals surface area contributed by atoms with Gasteiger partial charge in [-0.15, -0.1) is 0 Å². The van der Waals surface area contributed by atoms with E-state index in [1.807, 2.05) is 55.5 Å². The summed E-state index contributed by atoms with van der Waals surface area (Å²) in [4.78, 5) is 14.7. The molecule has 6 nitrogen and oxygen atoms in total. The molecule has 2 aromatic carbocycles. The van der Waals surface area contributed by atoms with E-state index in [4.69, 9.17) is 9.47 Å². The lowest BCUT2D eigenvalue weighted by atomic mass is 9.83. The van der Waals surface area contributed by atoms with Crippen molar-refractivity contribution in [2.75, 3.05) is 31.7 Å². The zero-order valence-electron chi connectivity index (χ0n) is 16.4. The zero-order valence-corrected chi connectivity index (χ0v) is 16.4. The molecule has 0 radical (unpaired) electrons. The maximum Gasteiger partial charge on any atom is 0.292 e. The van der Waals surface area contributed by atoms with E-state index >= 15 is 4.39 Å². The van der Waals surface area contributed by atoms with Gasteiger partial charge in [0.15, 0.2) is 0 Å². The van der Waals surface area contributed by atoms with Crippen molar-refractivity contribution in [3.05, 3.63) is 65.0 Å². The van der Waals surface area contributed by atoms with E-state index < -0.39 is 5.79 Å². The molecule has 3 aliphatic heterocycles. The number of rotatable bonds is 3. The minimum Gasteiger partial charge on any atom is -0.336 e. The molecular weight excluding hydrogens is 373 g/mol. The van der Waals surface area contributed by atoms with Gasteiger partial charge in [0.2, 0.25) is 0 Å². The molecule has 0 aliphatic carbocycles. The van der Waals surface area contributed by atoms with Gasteiger partial charge in [-0.25, -0.2) is 4.39 Å². The fourth-order valence-electron chi connectivity index (χ4n) is 4.39. The first-order chi connectivity index (χ1) is 13.9.